The molecular weight excluding hydrogens is 1690 g/mol. The van der Waals surface area contributed by atoms with Gasteiger partial charge in [0.2, 0.25) is 0 Å². The maximum atomic E-state index is 6.34. The minimum atomic E-state index is 0.00658. The van der Waals surface area contributed by atoms with E-state index in [1.54, 1.807) is 0 Å². The minimum Gasteiger partial charge on any atom is -0.456 e. The average Bonchev–Trinajstić information content (AvgIpc) is 0.908. The van der Waals surface area contributed by atoms with Crippen molar-refractivity contribution in [3.05, 3.63) is 504 Å². The van der Waals surface area contributed by atoms with Gasteiger partial charge in [0.25, 0.3) is 0 Å². The van der Waals surface area contributed by atoms with Crippen molar-refractivity contribution in [1.82, 2.24) is 59.8 Å². The lowest BCUT2D eigenvalue weighted by atomic mass is 9.61. The van der Waals surface area contributed by atoms with Crippen LogP contribution in [0, 0.1) is 0 Å². The second-order valence-corrected chi connectivity index (χ2v) is 35.5. The van der Waals surface area contributed by atoms with Gasteiger partial charge in [0.05, 0.1) is 0 Å². The molecule has 4 unspecified atom stereocenters. The molecule has 6 heterocycles. The van der Waals surface area contributed by atoms with Gasteiger partial charge in [-0.1, -0.05) is 370 Å². The molecule has 138 heavy (non-hydrogen) atoms. The summed E-state index contributed by atoms with van der Waals surface area (Å²) < 4.78 is 12.6. The summed E-state index contributed by atoms with van der Waals surface area (Å²) in [5.74, 6) is 7.62. The van der Waals surface area contributed by atoms with Gasteiger partial charge in [-0.15, -0.1) is 0 Å². The number of hydrogen-bond acceptors (Lipinski definition) is 14. The van der Waals surface area contributed by atoms with E-state index in [-0.39, 0.29) is 23.7 Å². The molecule has 14 nitrogen and oxygen atoms in total. The zero-order valence-corrected chi connectivity index (χ0v) is 74.1. The lowest BCUT2D eigenvalue weighted by Gasteiger charge is -2.42. The van der Waals surface area contributed by atoms with Crippen molar-refractivity contribution in [3.8, 4) is 159 Å². The highest BCUT2D eigenvalue weighted by molar-refractivity contribution is 6.07. The SMILES string of the molecule is c1ccc(-c2nc(-c3ccccc3)nc(-c3ccc4c(c3)C3c5ccccc5C4c4cc(-c5nc(-c6ccccc6)nc(-c6cccc(-c7ccc8c(c7)oc7ccccc78)c6)n5)ccc43)n2)cc1.c1ccc(-c2nc(-c3ccccc3)nc(-c3ccc4c(c3)C3c5ccccc5C4c4cc(-c5nc(-c6ccccc6)nc(-c6ccccc6-c6ccc7c(c6)oc6ccccc67)n5)ccc43)n2)cc1. The van der Waals surface area contributed by atoms with Crippen LogP contribution in [0.5, 0.6) is 0 Å². The number of rotatable bonds is 14. The molecular formula is C124H76N12O2. The van der Waals surface area contributed by atoms with Gasteiger partial charge in [0.1, 0.15) is 22.3 Å². The van der Waals surface area contributed by atoms with Crippen molar-refractivity contribution in [3.63, 3.8) is 0 Å². The molecule has 0 amide bonds. The van der Waals surface area contributed by atoms with Gasteiger partial charge in [-0.3, -0.25) is 0 Å². The summed E-state index contributed by atoms with van der Waals surface area (Å²) in [6.07, 6.45) is 0. The largest absolute Gasteiger partial charge is 0.456 e. The van der Waals surface area contributed by atoms with Gasteiger partial charge in [-0.05, 0) is 156 Å². The van der Waals surface area contributed by atoms with Crippen LogP contribution >= 0.6 is 0 Å². The van der Waals surface area contributed by atoms with E-state index in [1.165, 1.54) is 66.8 Å². The number of para-hydroxylation sites is 2. The first-order valence-corrected chi connectivity index (χ1v) is 46.5. The highest BCUT2D eigenvalue weighted by Crippen LogP contribution is 2.59. The molecule has 14 heteroatoms. The number of nitrogens with zero attached hydrogens (tertiary/aromatic N) is 12. The molecule has 30 rings (SSSR count). The van der Waals surface area contributed by atoms with Crippen LogP contribution in [-0.4, -0.2) is 59.8 Å². The molecule has 6 aromatic heterocycles. The van der Waals surface area contributed by atoms with Crippen LogP contribution < -0.4 is 0 Å². The summed E-state index contributed by atoms with van der Waals surface area (Å²) in [7, 11) is 0. The van der Waals surface area contributed by atoms with Gasteiger partial charge in [0.15, 0.2) is 69.9 Å². The van der Waals surface area contributed by atoms with Crippen LogP contribution in [-0.2, 0) is 0 Å². The first-order valence-electron chi connectivity index (χ1n) is 46.5. The third kappa shape index (κ3) is 13.8. The summed E-state index contributed by atoms with van der Waals surface area (Å²) in [5, 5.41) is 4.41. The smallest absolute Gasteiger partial charge is 0.164 e. The number of fused-ring (bicyclic) bond motifs is 6. The Hall–Kier alpha value is -18.4. The van der Waals surface area contributed by atoms with Crippen molar-refractivity contribution in [2.75, 3.05) is 0 Å². The number of benzene rings is 18. The molecule has 0 N–H and O–H groups in total. The fourth-order valence-electron chi connectivity index (χ4n) is 21.1. The predicted molar refractivity (Wildman–Crippen MR) is 547 cm³/mol. The van der Waals surface area contributed by atoms with E-state index < -0.39 is 0 Å². The van der Waals surface area contributed by atoms with Gasteiger partial charge < -0.3 is 8.83 Å². The van der Waals surface area contributed by atoms with Crippen molar-refractivity contribution >= 4 is 43.9 Å². The zero-order chi connectivity index (χ0) is 90.8. The van der Waals surface area contributed by atoms with E-state index in [2.05, 4.69) is 237 Å². The van der Waals surface area contributed by atoms with Crippen molar-refractivity contribution in [2.45, 2.75) is 23.7 Å². The summed E-state index contributed by atoms with van der Waals surface area (Å²) in [4.78, 5) is 61.6. The Morgan fingerprint density at radius 3 is 0.674 bits per heavy atom. The second-order valence-electron chi connectivity index (χ2n) is 35.5. The summed E-state index contributed by atoms with van der Waals surface area (Å²) in [6, 6.07) is 152. The Bertz CT molecular complexity index is 8880. The van der Waals surface area contributed by atoms with E-state index >= 15 is 0 Å². The standard InChI is InChI=1S/2C62H38N6O/c1-4-16-37(17-5-1)57-63-58(38-18-6-2-7-19-38)65-60(64-57)41-29-32-48-51(34-41)55-46-24-11-12-25-47(46)56(48)52-35-42(30-33-49(52)55)61-66-59(39-20-8-3-9-21-39)67-62(68-61)50-26-13-10-22-43(50)40-28-31-45-44-23-14-15-27-53(44)69-54(45)36-40;1-4-15-37(16-5-1)57-63-58(38-17-6-2-7-18-38)66-61(65-57)43-28-31-49-51(34-43)55-47-24-10-11-25-48(47)56(49)52-35-44(29-32-50(52)55)62-67-59(39-19-8-3-9-20-39)64-60(68-62)42-22-14-21-40(33-42)41-27-30-46-45-23-12-13-26-53(45)69-54(46)36-41/h2*1-36,55-56H. The second kappa shape index (κ2) is 32.8. The lowest BCUT2D eigenvalue weighted by Crippen LogP contribution is -2.27. The lowest BCUT2D eigenvalue weighted by molar-refractivity contribution is 0.668. The molecule has 4 atom stereocenters. The van der Waals surface area contributed by atoms with E-state index in [4.69, 9.17) is 68.6 Å². The van der Waals surface area contributed by atoms with Crippen LogP contribution in [0.15, 0.2) is 446 Å². The fourth-order valence-corrected chi connectivity index (χ4v) is 21.1. The van der Waals surface area contributed by atoms with E-state index in [9.17, 15) is 0 Å². The molecule has 0 saturated heterocycles. The molecule has 0 fully saturated rings. The van der Waals surface area contributed by atoms with Gasteiger partial charge in [-0.2, -0.15) is 0 Å². The Morgan fingerprint density at radius 1 is 0.123 bits per heavy atom. The monoisotopic (exact) mass is 1760 g/mol. The molecule has 0 spiro atoms. The highest BCUT2D eigenvalue weighted by Gasteiger charge is 2.44. The Balaban J connectivity index is 0.000000139. The molecule has 24 aromatic rings. The predicted octanol–water partition coefficient (Wildman–Crippen LogP) is 29.2. The van der Waals surface area contributed by atoms with E-state index in [1.807, 2.05) is 200 Å². The Morgan fingerprint density at radius 2 is 0.341 bits per heavy atom. The van der Waals surface area contributed by atoms with E-state index in [0.29, 0.717) is 69.9 Å². The van der Waals surface area contributed by atoms with Gasteiger partial charge >= 0.3 is 0 Å². The van der Waals surface area contributed by atoms with Crippen LogP contribution in [0.3, 0.4) is 0 Å². The van der Waals surface area contributed by atoms with Crippen LogP contribution in [0.1, 0.15) is 90.4 Å². The molecule has 6 aliphatic carbocycles. The Kier molecular flexibility index (Phi) is 18.9. The molecule has 0 aliphatic heterocycles. The topological polar surface area (TPSA) is 181 Å². The summed E-state index contributed by atoms with van der Waals surface area (Å²) in [6.45, 7) is 0. The normalized spacial score (nSPS) is 14.4. The number of furan rings is 2. The minimum absolute atomic E-state index is 0.00658. The van der Waals surface area contributed by atoms with Crippen LogP contribution in [0.2, 0.25) is 0 Å². The van der Waals surface area contributed by atoms with Crippen LogP contribution in [0.25, 0.3) is 203 Å². The van der Waals surface area contributed by atoms with Crippen molar-refractivity contribution in [1.29, 1.82) is 0 Å². The molecule has 4 bridgehead atoms. The quantitative estimate of drug-likeness (QED) is 0.100. The fraction of sp³-hybridized carbons (Fsp3) is 0.0323. The van der Waals surface area contributed by atoms with Gasteiger partial charge in [0, 0.05) is 112 Å². The number of hydrogen-bond donors (Lipinski definition) is 0. The first-order chi connectivity index (χ1) is 68.3. The van der Waals surface area contributed by atoms with E-state index in [0.717, 1.165) is 133 Å². The number of aromatic nitrogens is 12. The van der Waals surface area contributed by atoms with Crippen molar-refractivity contribution < 1.29 is 8.83 Å². The highest BCUT2D eigenvalue weighted by atomic mass is 16.3. The molecule has 0 radical (unpaired) electrons. The maximum Gasteiger partial charge on any atom is 0.164 e. The zero-order valence-electron chi connectivity index (χ0n) is 74.1. The first kappa shape index (κ1) is 79.4. The third-order valence-electron chi connectivity index (χ3n) is 27.5. The Labute approximate surface area is 793 Å². The molecule has 0 saturated carbocycles. The average molecular weight is 1770 g/mol. The summed E-state index contributed by atoms with van der Waals surface area (Å²) >= 11 is 0. The van der Waals surface area contributed by atoms with Gasteiger partial charge in [-0.25, -0.2) is 59.8 Å². The molecule has 6 aliphatic rings. The molecule has 644 valence electrons. The van der Waals surface area contributed by atoms with Crippen molar-refractivity contribution in [2.24, 2.45) is 0 Å². The summed E-state index contributed by atoms with van der Waals surface area (Å²) in [5.41, 5.74) is 34.3. The van der Waals surface area contributed by atoms with Crippen LogP contribution in [0.4, 0.5) is 0 Å². The molecule has 18 aromatic carbocycles. The maximum absolute atomic E-state index is 6.34. The third-order valence-corrected chi connectivity index (χ3v) is 27.5.